The number of cyclic esters (lactones) is 1. The lowest BCUT2D eigenvalue weighted by molar-refractivity contribution is -0.141. The first-order valence-corrected chi connectivity index (χ1v) is 20.2. The van der Waals surface area contributed by atoms with E-state index in [0.29, 0.717) is 50.2 Å². The van der Waals surface area contributed by atoms with Crippen molar-refractivity contribution in [3.8, 4) is 11.6 Å². The van der Waals surface area contributed by atoms with E-state index >= 15 is 0 Å². The van der Waals surface area contributed by atoms with E-state index in [2.05, 4.69) is 20.3 Å². The van der Waals surface area contributed by atoms with Gasteiger partial charge in [0.15, 0.2) is 0 Å². The summed E-state index contributed by atoms with van der Waals surface area (Å²) in [5.74, 6) is -1.28. The van der Waals surface area contributed by atoms with Crippen LogP contribution in [0.15, 0.2) is 42.6 Å². The van der Waals surface area contributed by atoms with Crippen molar-refractivity contribution in [1.29, 1.82) is 0 Å². The summed E-state index contributed by atoms with van der Waals surface area (Å²) in [6, 6.07) is 3.64. The number of hydrogen-bond acceptors (Lipinski definition) is 10. The fourth-order valence-electron chi connectivity index (χ4n) is 7.52. The number of pyridine rings is 1. The number of methoxy groups -OCH3 is 1. The van der Waals surface area contributed by atoms with Crippen LogP contribution in [0.25, 0.3) is 16.8 Å². The average molecular weight is 750 g/mol. The molecule has 0 radical (unpaired) electrons. The van der Waals surface area contributed by atoms with Gasteiger partial charge in [0.05, 0.1) is 25.5 Å². The molecule has 2 aliphatic carbocycles. The number of benzene rings is 1. The number of amides is 4. The predicted octanol–water partition coefficient (Wildman–Crippen LogP) is 3.89. The SMILES string of the molecule is COc1cc2ccnc3c2cc1/C=C/CCCCOC(=O)N[C@H]1CCCCC/C=C\C2C[C@@]2(C(=O)NS(=O)(=O)C2CC2)NC(=O)[C@@H]2C[C@H](CN2C1=O)O3. The Morgan fingerprint density at radius 3 is 2.68 bits per heavy atom. The Hall–Kier alpha value is -4.66. The van der Waals surface area contributed by atoms with E-state index in [4.69, 9.17) is 14.2 Å². The number of aromatic nitrogens is 1. The average Bonchev–Trinajstić information content (AvgIpc) is 4.06. The second kappa shape index (κ2) is 15.4. The van der Waals surface area contributed by atoms with Gasteiger partial charge in [-0.25, -0.2) is 18.2 Å². The first-order valence-electron chi connectivity index (χ1n) is 18.7. The molecule has 1 aromatic heterocycles. The van der Waals surface area contributed by atoms with Crippen molar-refractivity contribution >= 4 is 50.7 Å². The second-order valence-electron chi connectivity index (χ2n) is 14.7. The summed E-state index contributed by atoms with van der Waals surface area (Å²) in [6.45, 7) is 0.178. The third-order valence-electron chi connectivity index (χ3n) is 10.8. The Balaban J connectivity index is 1.23. The Kier molecular flexibility index (Phi) is 10.6. The molecule has 2 aromatic rings. The molecule has 1 aromatic carbocycles. The zero-order chi connectivity index (χ0) is 37.2. The minimum Gasteiger partial charge on any atom is -0.496 e. The van der Waals surface area contributed by atoms with E-state index in [9.17, 15) is 27.6 Å². The molecular formula is C38H47N5O9S. The van der Waals surface area contributed by atoms with Gasteiger partial charge < -0.3 is 29.7 Å². The molecule has 4 heterocycles. The molecule has 7 rings (SSSR count). The Bertz CT molecular complexity index is 1930. The molecule has 3 aliphatic heterocycles. The summed E-state index contributed by atoms with van der Waals surface area (Å²) >= 11 is 0. The summed E-state index contributed by atoms with van der Waals surface area (Å²) in [4.78, 5) is 61.4. The Morgan fingerprint density at radius 2 is 1.87 bits per heavy atom. The van der Waals surface area contributed by atoms with Gasteiger partial charge in [0.1, 0.15) is 29.5 Å². The van der Waals surface area contributed by atoms with Gasteiger partial charge in [-0.3, -0.25) is 19.1 Å². The molecule has 5 aliphatic rings. The largest absolute Gasteiger partial charge is 0.496 e. The van der Waals surface area contributed by atoms with Crippen LogP contribution in [0.3, 0.4) is 0 Å². The maximum atomic E-state index is 14.4. The van der Waals surface area contributed by atoms with Crippen molar-refractivity contribution in [1.82, 2.24) is 25.2 Å². The molecule has 15 heteroatoms. The minimum absolute atomic E-state index is 0.00369. The smallest absolute Gasteiger partial charge is 0.407 e. The van der Waals surface area contributed by atoms with Crippen molar-refractivity contribution in [3.05, 3.63) is 48.2 Å². The van der Waals surface area contributed by atoms with Gasteiger partial charge in [-0.15, -0.1) is 0 Å². The van der Waals surface area contributed by atoms with Gasteiger partial charge in [-0.2, -0.15) is 0 Å². The highest BCUT2D eigenvalue weighted by atomic mass is 32.2. The maximum absolute atomic E-state index is 14.4. The number of rotatable bonds is 4. The van der Waals surface area contributed by atoms with Crippen LogP contribution in [0.4, 0.5) is 4.79 Å². The molecule has 53 heavy (non-hydrogen) atoms. The summed E-state index contributed by atoms with van der Waals surface area (Å²) in [5, 5.41) is 6.59. The number of carbonyl (C=O) groups is 4. The van der Waals surface area contributed by atoms with Crippen LogP contribution in [-0.2, 0) is 29.1 Å². The molecule has 1 saturated heterocycles. The molecule has 2 saturated carbocycles. The van der Waals surface area contributed by atoms with Crippen LogP contribution in [0.1, 0.15) is 82.6 Å². The fraction of sp³-hybridized carbons (Fsp3) is 0.553. The number of carbonyl (C=O) groups excluding carboxylic acids is 4. The highest BCUT2D eigenvalue weighted by molar-refractivity contribution is 7.91. The molecule has 14 nitrogen and oxygen atoms in total. The van der Waals surface area contributed by atoms with E-state index < -0.39 is 68.7 Å². The lowest BCUT2D eigenvalue weighted by atomic mass is 10.0. The van der Waals surface area contributed by atoms with Gasteiger partial charge in [0.2, 0.25) is 27.7 Å². The van der Waals surface area contributed by atoms with Crippen LogP contribution >= 0.6 is 0 Å². The monoisotopic (exact) mass is 749 g/mol. The van der Waals surface area contributed by atoms with Gasteiger partial charge in [0, 0.05) is 29.5 Å². The van der Waals surface area contributed by atoms with Gasteiger partial charge in [0.25, 0.3) is 5.91 Å². The van der Waals surface area contributed by atoms with Crippen molar-refractivity contribution in [2.45, 2.75) is 106 Å². The molecule has 3 N–H and O–H groups in total. The second-order valence-corrected chi connectivity index (χ2v) is 16.6. The number of allylic oxidation sites excluding steroid dienone is 2. The molecule has 5 bridgehead atoms. The quantitative estimate of drug-likeness (QED) is 0.388. The molecule has 284 valence electrons. The van der Waals surface area contributed by atoms with Gasteiger partial charge in [-0.1, -0.05) is 37.1 Å². The zero-order valence-electron chi connectivity index (χ0n) is 29.9. The summed E-state index contributed by atoms with van der Waals surface area (Å²) in [5.41, 5.74) is -0.668. The molecule has 4 amide bonds. The highest BCUT2D eigenvalue weighted by Crippen LogP contribution is 2.46. The van der Waals surface area contributed by atoms with Crippen molar-refractivity contribution in [3.63, 3.8) is 0 Å². The minimum atomic E-state index is -3.88. The van der Waals surface area contributed by atoms with Crippen molar-refractivity contribution in [2.24, 2.45) is 5.92 Å². The number of nitrogens with zero attached hydrogens (tertiary/aromatic N) is 2. The molecule has 0 spiro atoms. The van der Waals surface area contributed by atoms with E-state index in [1.54, 1.807) is 13.3 Å². The standard InChI is InChI=1S/C38H47N5O9S/c1-50-32-20-24-16-17-39-34-29(24)19-25(32)11-7-5-6-10-18-51-37(47)40-30-13-9-4-2-3-8-12-26-22-38(26,36(46)42-53(48,49)28-14-15-28)41-33(44)31-21-27(52-34)23-43(31)35(30)45/h7-8,11-12,16-17,19-20,26-28,30-31H,2-6,9-10,13-15,18,21-23H2,1H3,(H,40,47)(H,41,44)(H,42,46)/b11-7+,12-8-/t26?,27-,30+,31+,38-/m1/s1. The first kappa shape index (κ1) is 36.7. The number of sulfonamides is 1. The van der Waals surface area contributed by atoms with E-state index in [-0.39, 0.29) is 26.0 Å². The zero-order valence-corrected chi connectivity index (χ0v) is 30.7. The van der Waals surface area contributed by atoms with Crippen molar-refractivity contribution in [2.75, 3.05) is 20.3 Å². The molecular weight excluding hydrogens is 703 g/mol. The topological polar surface area (TPSA) is 182 Å². The van der Waals surface area contributed by atoms with Gasteiger partial charge >= 0.3 is 6.09 Å². The van der Waals surface area contributed by atoms with E-state index in [1.165, 1.54) is 4.90 Å². The fourth-order valence-corrected chi connectivity index (χ4v) is 8.88. The van der Waals surface area contributed by atoms with E-state index in [1.807, 2.05) is 42.5 Å². The molecule has 1 unspecified atom stereocenters. The molecule has 5 atom stereocenters. The number of ether oxygens (including phenoxy) is 3. The van der Waals surface area contributed by atoms with Gasteiger partial charge in [-0.05, 0) is 81.4 Å². The third-order valence-corrected chi connectivity index (χ3v) is 12.6. The highest BCUT2D eigenvalue weighted by Gasteiger charge is 2.62. The number of nitrogens with one attached hydrogen (secondary N) is 3. The van der Waals surface area contributed by atoms with E-state index in [0.717, 1.165) is 42.0 Å². The number of fused-ring (bicyclic) bond motifs is 4. The first-order chi connectivity index (χ1) is 25.6. The normalized spacial score (nSPS) is 29.8. The Labute approximate surface area is 309 Å². The maximum Gasteiger partial charge on any atom is 0.407 e. The van der Waals surface area contributed by atoms with Crippen LogP contribution in [0, 0.1) is 5.92 Å². The Morgan fingerprint density at radius 1 is 1.06 bits per heavy atom. The van der Waals surface area contributed by atoms with Crippen LogP contribution in [0.2, 0.25) is 0 Å². The van der Waals surface area contributed by atoms with Crippen LogP contribution < -0.4 is 24.8 Å². The third kappa shape index (κ3) is 8.14. The lowest BCUT2D eigenvalue weighted by Crippen LogP contribution is -2.58. The van der Waals surface area contributed by atoms with Crippen LogP contribution in [0.5, 0.6) is 11.6 Å². The van der Waals surface area contributed by atoms with Crippen LogP contribution in [-0.4, -0.2) is 91.4 Å². The lowest BCUT2D eigenvalue weighted by Gasteiger charge is -2.29. The predicted molar refractivity (Wildman–Crippen MR) is 195 cm³/mol. The molecule has 3 fully saturated rings. The summed E-state index contributed by atoms with van der Waals surface area (Å²) in [6.07, 6.45) is 14.7. The van der Waals surface area contributed by atoms with Crippen molar-refractivity contribution < 1.29 is 41.8 Å². The number of alkyl carbamates (subject to hydrolysis) is 1. The summed E-state index contributed by atoms with van der Waals surface area (Å²) in [7, 11) is -2.28. The summed E-state index contributed by atoms with van der Waals surface area (Å²) < 4.78 is 45.5. The number of hydrogen-bond donors (Lipinski definition) is 3.